The molecule has 1 aromatic carbocycles. The molecule has 1 aromatic rings. The molecule has 2 heteroatoms. The van der Waals surface area contributed by atoms with Crippen LogP contribution in [0.25, 0.3) is 0 Å². The summed E-state index contributed by atoms with van der Waals surface area (Å²) in [5.74, 6) is 0.703. The van der Waals surface area contributed by atoms with Crippen molar-refractivity contribution in [2.45, 2.75) is 64.5 Å². The quantitative estimate of drug-likeness (QED) is 0.823. The van der Waals surface area contributed by atoms with Crippen molar-refractivity contribution in [1.82, 2.24) is 10.2 Å². The van der Waals surface area contributed by atoms with Crippen molar-refractivity contribution in [2.75, 3.05) is 19.6 Å². The van der Waals surface area contributed by atoms with Crippen LogP contribution in [0.3, 0.4) is 0 Å². The zero-order chi connectivity index (χ0) is 16.4. The molecule has 0 saturated carbocycles. The molecule has 1 aliphatic heterocycles. The SMILES string of the molecule is C/C=C\CC1CC[C@@H](N2CCNC(C)(C)C2)c2cc(C)ccc21. The molecule has 0 radical (unpaired) electrons. The number of allylic oxidation sites excluding steroid dienone is 2. The maximum Gasteiger partial charge on any atom is 0.0352 e. The van der Waals surface area contributed by atoms with Gasteiger partial charge in [0.2, 0.25) is 0 Å². The molecule has 3 rings (SSSR count). The van der Waals surface area contributed by atoms with E-state index < -0.39 is 0 Å². The smallest absolute Gasteiger partial charge is 0.0352 e. The summed E-state index contributed by atoms with van der Waals surface area (Å²) in [6.07, 6.45) is 8.33. The van der Waals surface area contributed by atoms with E-state index in [0.717, 1.165) is 13.1 Å². The highest BCUT2D eigenvalue weighted by molar-refractivity contribution is 5.39. The Hall–Kier alpha value is -1.12. The Morgan fingerprint density at radius 2 is 2.09 bits per heavy atom. The third-order valence-electron chi connectivity index (χ3n) is 5.53. The van der Waals surface area contributed by atoms with Crippen LogP contribution in [0.4, 0.5) is 0 Å². The van der Waals surface area contributed by atoms with Crippen LogP contribution in [0.1, 0.15) is 68.7 Å². The molecule has 1 fully saturated rings. The molecule has 126 valence electrons. The van der Waals surface area contributed by atoms with Gasteiger partial charge >= 0.3 is 0 Å². The molecule has 1 heterocycles. The molecule has 1 N–H and O–H groups in total. The molecule has 0 amide bonds. The normalized spacial score (nSPS) is 28.0. The van der Waals surface area contributed by atoms with E-state index in [1.54, 1.807) is 11.1 Å². The Morgan fingerprint density at radius 1 is 1.26 bits per heavy atom. The van der Waals surface area contributed by atoms with E-state index >= 15 is 0 Å². The molecule has 1 unspecified atom stereocenters. The molecule has 2 nitrogen and oxygen atoms in total. The second-order valence-corrected chi connectivity index (χ2v) is 8.01. The predicted molar refractivity (Wildman–Crippen MR) is 99.0 cm³/mol. The van der Waals surface area contributed by atoms with Crippen molar-refractivity contribution in [1.29, 1.82) is 0 Å². The monoisotopic (exact) mass is 312 g/mol. The van der Waals surface area contributed by atoms with Crippen molar-refractivity contribution in [2.24, 2.45) is 0 Å². The molecule has 23 heavy (non-hydrogen) atoms. The van der Waals surface area contributed by atoms with Crippen LogP contribution in [-0.2, 0) is 0 Å². The van der Waals surface area contributed by atoms with Crippen LogP contribution >= 0.6 is 0 Å². The Kier molecular flexibility index (Phi) is 4.93. The van der Waals surface area contributed by atoms with Crippen LogP contribution in [0, 0.1) is 6.92 Å². The van der Waals surface area contributed by atoms with Gasteiger partial charge in [-0.15, -0.1) is 0 Å². The lowest BCUT2D eigenvalue weighted by molar-refractivity contribution is 0.0967. The number of nitrogens with zero attached hydrogens (tertiary/aromatic N) is 1. The molecule has 0 aromatic heterocycles. The molecule has 2 atom stereocenters. The summed E-state index contributed by atoms with van der Waals surface area (Å²) in [4.78, 5) is 2.72. The average Bonchev–Trinajstić information content (AvgIpc) is 2.51. The molecular formula is C21H32N2. The Balaban J connectivity index is 1.89. The number of fused-ring (bicyclic) bond motifs is 1. The van der Waals surface area contributed by atoms with E-state index in [9.17, 15) is 0 Å². The topological polar surface area (TPSA) is 15.3 Å². The number of nitrogens with one attached hydrogen (secondary N) is 1. The average molecular weight is 313 g/mol. The van der Waals surface area contributed by atoms with Crippen LogP contribution in [0.15, 0.2) is 30.4 Å². The molecule has 0 spiro atoms. The third-order valence-corrected chi connectivity index (χ3v) is 5.53. The van der Waals surface area contributed by atoms with Crippen molar-refractivity contribution < 1.29 is 0 Å². The fourth-order valence-electron chi connectivity index (χ4n) is 4.40. The first kappa shape index (κ1) is 16.7. The van der Waals surface area contributed by atoms with E-state index in [1.165, 1.54) is 31.4 Å². The highest BCUT2D eigenvalue weighted by Gasteiger charge is 2.35. The van der Waals surface area contributed by atoms with Crippen molar-refractivity contribution in [3.05, 3.63) is 47.0 Å². The van der Waals surface area contributed by atoms with Crippen LogP contribution in [0.2, 0.25) is 0 Å². The van der Waals surface area contributed by atoms with E-state index in [1.807, 2.05) is 0 Å². The number of benzene rings is 1. The highest BCUT2D eigenvalue weighted by Crippen LogP contribution is 2.43. The lowest BCUT2D eigenvalue weighted by atomic mass is 9.77. The summed E-state index contributed by atoms with van der Waals surface area (Å²) < 4.78 is 0. The van der Waals surface area contributed by atoms with E-state index in [0.29, 0.717) is 12.0 Å². The number of piperazine rings is 1. The summed E-state index contributed by atoms with van der Waals surface area (Å²) in [7, 11) is 0. The van der Waals surface area contributed by atoms with Crippen molar-refractivity contribution in [3.8, 4) is 0 Å². The Morgan fingerprint density at radius 3 is 2.83 bits per heavy atom. The number of aryl methyl sites for hydroxylation is 1. The van der Waals surface area contributed by atoms with Crippen LogP contribution < -0.4 is 5.32 Å². The lowest BCUT2D eigenvalue weighted by Gasteiger charge is -2.45. The highest BCUT2D eigenvalue weighted by atomic mass is 15.2. The largest absolute Gasteiger partial charge is 0.309 e. The van der Waals surface area contributed by atoms with Crippen LogP contribution in [0.5, 0.6) is 0 Å². The second kappa shape index (κ2) is 6.78. The van der Waals surface area contributed by atoms with Gasteiger partial charge in [0.15, 0.2) is 0 Å². The first-order valence-corrected chi connectivity index (χ1v) is 9.21. The molecule has 1 saturated heterocycles. The third kappa shape index (κ3) is 3.70. The zero-order valence-electron chi connectivity index (χ0n) is 15.2. The summed E-state index contributed by atoms with van der Waals surface area (Å²) in [5.41, 5.74) is 4.82. The van der Waals surface area contributed by atoms with E-state index in [4.69, 9.17) is 0 Å². The van der Waals surface area contributed by atoms with Gasteiger partial charge in [-0.1, -0.05) is 35.9 Å². The van der Waals surface area contributed by atoms with Gasteiger partial charge in [0.1, 0.15) is 0 Å². The Labute approximate surface area is 142 Å². The minimum absolute atomic E-state index is 0.226. The van der Waals surface area contributed by atoms with Gasteiger partial charge in [-0.3, -0.25) is 4.90 Å². The maximum atomic E-state index is 3.65. The predicted octanol–water partition coefficient (Wildman–Crippen LogP) is 4.56. The lowest BCUT2D eigenvalue weighted by Crippen LogP contribution is -2.57. The number of hydrogen-bond acceptors (Lipinski definition) is 2. The zero-order valence-corrected chi connectivity index (χ0v) is 15.2. The minimum Gasteiger partial charge on any atom is -0.309 e. The van der Waals surface area contributed by atoms with Crippen LogP contribution in [-0.4, -0.2) is 30.1 Å². The maximum absolute atomic E-state index is 3.65. The first-order chi connectivity index (χ1) is 11.0. The van der Waals surface area contributed by atoms with Gasteiger partial charge in [0.25, 0.3) is 0 Å². The molecular weight excluding hydrogens is 280 g/mol. The summed E-state index contributed by atoms with van der Waals surface area (Å²) >= 11 is 0. The summed E-state index contributed by atoms with van der Waals surface area (Å²) in [6, 6.07) is 7.76. The standard InChI is InChI=1S/C21H32N2/c1-5-6-7-17-9-11-20(19-14-16(2)8-10-18(17)19)23-13-12-22-21(3,4)15-23/h5-6,8,10,14,17,20,22H,7,9,11-13,15H2,1-4H3/b6-5-/t17?,20-/m1/s1. The number of hydrogen-bond donors (Lipinski definition) is 1. The number of rotatable bonds is 3. The first-order valence-electron chi connectivity index (χ1n) is 9.21. The fraction of sp³-hybridized carbons (Fsp3) is 0.619. The van der Waals surface area contributed by atoms with Gasteiger partial charge in [0.05, 0.1) is 0 Å². The Bertz CT molecular complexity index is 573. The summed E-state index contributed by atoms with van der Waals surface area (Å²) in [5, 5.41) is 3.65. The van der Waals surface area contributed by atoms with Gasteiger partial charge < -0.3 is 5.32 Å². The fourth-order valence-corrected chi connectivity index (χ4v) is 4.40. The minimum atomic E-state index is 0.226. The summed E-state index contributed by atoms with van der Waals surface area (Å²) in [6.45, 7) is 12.4. The van der Waals surface area contributed by atoms with E-state index in [2.05, 4.69) is 68.3 Å². The molecule has 2 aliphatic rings. The van der Waals surface area contributed by atoms with Gasteiger partial charge in [0, 0.05) is 31.2 Å². The van der Waals surface area contributed by atoms with Gasteiger partial charge in [-0.25, -0.2) is 0 Å². The van der Waals surface area contributed by atoms with Crippen molar-refractivity contribution in [3.63, 3.8) is 0 Å². The molecule has 1 aliphatic carbocycles. The van der Waals surface area contributed by atoms with Gasteiger partial charge in [-0.2, -0.15) is 0 Å². The van der Waals surface area contributed by atoms with Crippen molar-refractivity contribution >= 4 is 0 Å². The molecule has 0 bridgehead atoms. The van der Waals surface area contributed by atoms with Gasteiger partial charge in [-0.05, 0) is 64.0 Å². The second-order valence-electron chi connectivity index (χ2n) is 8.01. The van der Waals surface area contributed by atoms with E-state index in [-0.39, 0.29) is 5.54 Å².